The van der Waals surface area contributed by atoms with Gasteiger partial charge in [-0.05, 0) is 31.2 Å². The summed E-state index contributed by atoms with van der Waals surface area (Å²) < 4.78 is 37.2. The first-order valence-corrected chi connectivity index (χ1v) is 6.00. The standard InChI is InChI=1S/C15H14F2O3/c1-9(18)15-12(19-2)4-3-5-13(15)20-14-8-10(16)6-7-11(14)17/h3-9,18H,1-2H3/t9-/m1/s1. The number of halogens is 2. The minimum absolute atomic E-state index is 0.212. The molecule has 20 heavy (non-hydrogen) atoms. The molecule has 0 saturated carbocycles. The lowest BCUT2D eigenvalue weighted by molar-refractivity contribution is 0.190. The largest absolute Gasteiger partial charge is 0.496 e. The number of hydrogen-bond donors (Lipinski definition) is 1. The molecule has 0 fully saturated rings. The van der Waals surface area contributed by atoms with Crippen LogP contribution in [0.1, 0.15) is 18.6 Å². The lowest BCUT2D eigenvalue weighted by Gasteiger charge is -2.16. The number of benzene rings is 2. The Morgan fingerprint density at radius 2 is 1.75 bits per heavy atom. The minimum Gasteiger partial charge on any atom is -0.496 e. The summed E-state index contributed by atoms with van der Waals surface area (Å²) in [5, 5.41) is 9.79. The number of hydrogen-bond acceptors (Lipinski definition) is 3. The first-order valence-electron chi connectivity index (χ1n) is 6.00. The first kappa shape index (κ1) is 14.3. The molecule has 0 heterocycles. The van der Waals surface area contributed by atoms with Crippen LogP contribution in [0.25, 0.3) is 0 Å². The number of aliphatic hydroxyl groups excluding tert-OH is 1. The summed E-state index contributed by atoms with van der Waals surface area (Å²) in [6.07, 6.45) is -0.877. The highest BCUT2D eigenvalue weighted by Gasteiger charge is 2.17. The zero-order chi connectivity index (χ0) is 14.7. The fourth-order valence-electron chi connectivity index (χ4n) is 1.88. The molecule has 1 atom stereocenters. The van der Waals surface area contributed by atoms with Crippen molar-refractivity contribution in [2.45, 2.75) is 13.0 Å². The second kappa shape index (κ2) is 5.88. The van der Waals surface area contributed by atoms with Crippen LogP contribution in [0.2, 0.25) is 0 Å². The molecular formula is C15H14F2O3. The molecular weight excluding hydrogens is 266 g/mol. The fourth-order valence-corrected chi connectivity index (χ4v) is 1.88. The van der Waals surface area contributed by atoms with Crippen LogP contribution in [0.3, 0.4) is 0 Å². The summed E-state index contributed by atoms with van der Waals surface area (Å²) in [6.45, 7) is 1.53. The van der Waals surface area contributed by atoms with E-state index in [0.29, 0.717) is 11.3 Å². The summed E-state index contributed by atoms with van der Waals surface area (Å²) >= 11 is 0. The van der Waals surface area contributed by atoms with Crippen LogP contribution in [0, 0.1) is 11.6 Å². The van der Waals surface area contributed by atoms with E-state index in [1.807, 2.05) is 0 Å². The topological polar surface area (TPSA) is 38.7 Å². The maximum absolute atomic E-state index is 13.6. The van der Waals surface area contributed by atoms with Gasteiger partial charge in [-0.15, -0.1) is 0 Å². The lowest BCUT2D eigenvalue weighted by Crippen LogP contribution is -2.01. The molecule has 0 saturated heterocycles. The van der Waals surface area contributed by atoms with Gasteiger partial charge in [-0.25, -0.2) is 8.78 Å². The first-order chi connectivity index (χ1) is 9.52. The predicted molar refractivity (Wildman–Crippen MR) is 70.1 cm³/mol. The maximum atomic E-state index is 13.6. The number of aliphatic hydroxyl groups is 1. The average molecular weight is 280 g/mol. The lowest BCUT2D eigenvalue weighted by atomic mass is 10.1. The second-order valence-electron chi connectivity index (χ2n) is 4.22. The third-order valence-corrected chi connectivity index (χ3v) is 2.78. The Bertz CT molecular complexity index is 612. The Hall–Kier alpha value is -2.14. The smallest absolute Gasteiger partial charge is 0.165 e. The van der Waals surface area contributed by atoms with Crippen LogP contribution in [0.5, 0.6) is 17.2 Å². The van der Waals surface area contributed by atoms with E-state index in [1.165, 1.54) is 14.0 Å². The molecule has 2 aromatic carbocycles. The van der Waals surface area contributed by atoms with Crippen LogP contribution in [-0.2, 0) is 0 Å². The second-order valence-corrected chi connectivity index (χ2v) is 4.22. The van der Waals surface area contributed by atoms with Crippen molar-refractivity contribution < 1.29 is 23.4 Å². The molecule has 3 nitrogen and oxygen atoms in total. The molecule has 2 aromatic rings. The van der Waals surface area contributed by atoms with E-state index in [4.69, 9.17) is 9.47 Å². The van der Waals surface area contributed by atoms with Crippen LogP contribution in [0.4, 0.5) is 8.78 Å². The third-order valence-electron chi connectivity index (χ3n) is 2.78. The Labute approximate surface area is 115 Å². The van der Waals surface area contributed by atoms with Crippen LogP contribution >= 0.6 is 0 Å². The van der Waals surface area contributed by atoms with Gasteiger partial charge in [-0.1, -0.05) is 6.07 Å². The van der Waals surface area contributed by atoms with Gasteiger partial charge >= 0.3 is 0 Å². The summed E-state index contributed by atoms with van der Waals surface area (Å²) in [6, 6.07) is 7.76. The number of rotatable bonds is 4. The van der Waals surface area contributed by atoms with Crippen molar-refractivity contribution in [3.63, 3.8) is 0 Å². The predicted octanol–water partition coefficient (Wildman–Crippen LogP) is 3.82. The summed E-state index contributed by atoms with van der Waals surface area (Å²) in [5.74, 6) is -0.924. The van der Waals surface area contributed by atoms with Crippen LogP contribution in [-0.4, -0.2) is 12.2 Å². The van der Waals surface area contributed by atoms with E-state index in [1.54, 1.807) is 18.2 Å². The van der Waals surface area contributed by atoms with E-state index >= 15 is 0 Å². The van der Waals surface area contributed by atoms with Gasteiger partial charge < -0.3 is 14.6 Å². The van der Waals surface area contributed by atoms with Gasteiger partial charge in [-0.2, -0.15) is 0 Å². The van der Waals surface area contributed by atoms with E-state index in [-0.39, 0.29) is 11.5 Å². The molecule has 0 spiro atoms. The van der Waals surface area contributed by atoms with Crippen molar-refractivity contribution in [1.29, 1.82) is 0 Å². The van der Waals surface area contributed by atoms with Gasteiger partial charge in [0.15, 0.2) is 11.6 Å². The zero-order valence-electron chi connectivity index (χ0n) is 11.1. The molecule has 0 aliphatic carbocycles. The van der Waals surface area contributed by atoms with E-state index in [0.717, 1.165) is 18.2 Å². The van der Waals surface area contributed by atoms with Crippen LogP contribution in [0.15, 0.2) is 36.4 Å². The molecule has 0 radical (unpaired) electrons. The molecule has 1 N–H and O–H groups in total. The van der Waals surface area contributed by atoms with E-state index < -0.39 is 17.7 Å². The van der Waals surface area contributed by atoms with E-state index in [2.05, 4.69) is 0 Å². The molecule has 0 bridgehead atoms. The summed E-state index contributed by atoms with van der Waals surface area (Å²) in [4.78, 5) is 0. The van der Waals surface area contributed by atoms with Gasteiger partial charge in [0, 0.05) is 6.07 Å². The zero-order valence-corrected chi connectivity index (χ0v) is 11.1. The van der Waals surface area contributed by atoms with Crippen LogP contribution < -0.4 is 9.47 Å². The summed E-state index contributed by atoms with van der Waals surface area (Å²) in [5.41, 5.74) is 0.374. The SMILES string of the molecule is COc1cccc(Oc2cc(F)ccc2F)c1[C@@H](C)O. The Kier molecular flexibility index (Phi) is 4.20. The number of methoxy groups -OCH3 is 1. The molecule has 0 aliphatic heterocycles. The Morgan fingerprint density at radius 1 is 1.05 bits per heavy atom. The monoisotopic (exact) mass is 280 g/mol. The highest BCUT2D eigenvalue weighted by Crippen LogP contribution is 2.37. The van der Waals surface area contributed by atoms with Crippen molar-refractivity contribution in [2.24, 2.45) is 0 Å². The fraction of sp³-hybridized carbons (Fsp3) is 0.200. The highest BCUT2D eigenvalue weighted by molar-refractivity contribution is 5.48. The van der Waals surface area contributed by atoms with Gasteiger partial charge in [-0.3, -0.25) is 0 Å². The number of ether oxygens (including phenoxy) is 2. The van der Waals surface area contributed by atoms with Gasteiger partial charge in [0.25, 0.3) is 0 Å². The van der Waals surface area contributed by atoms with Crippen molar-refractivity contribution >= 4 is 0 Å². The Balaban J connectivity index is 2.45. The highest BCUT2D eigenvalue weighted by atomic mass is 19.1. The Morgan fingerprint density at radius 3 is 2.40 bits per heavy atom. The molecule has 2 rings (SSSR count). The average Bonchev–Trinajstić information content (AvgIpc) is 2.42. The van der Waals surface area contributed by atoms with Gasteiger partial charge in [0.1, 0.15) is 17.3 Å². The minimum atomic E-state index is -0.877. The van der Waals surface area contributed by atoms with Gasteiger partial charge in [0.05, 0.1) is 18.8 Å². The van der Waals surface area contributed by atoms with Crippen molar-refractivity contribution in [3.8, 4) is 17.2 Å². The molecule has 106 valence electrons. The van der Waals surface area contributed by atoms with Crippen molar-refractivity contribution in [1.82, 2.24) is 0 Å². The molecule has 0 amide bonds. The van der Waals surface area contributed by atoms with Crippen molar-refractivity contribution in [2.75, 3.05) is 7.11 Å². The maximum Gasteiger partial charge on any atom is 0.165 e. The van der Waals surface area contributed by atoms with Gasteiger partial charge in [0.2, 0.25) is 0 Å². The van der Waals surface area contributed by atoms with Crippen molar-refractivity contribution in [3.05, 3.63) is 53.6 Å². The van der Waals surface area contributed by atoms with E-state index in [9.17, 15) is 13.9 Å². The molecule has 0 aliphatic rings. The summed E-state index contributed by atoms with van der Waals surface area (Å²) in [7, 11) is 1.45. The third kappa shape index (κ3) is 2.88. The normalized spacial score (nSPS) is 12.1. The molecule has 0 aromatic heterocycles. The quantitative estimate of drug-likeness (QED) is 0.925. The molecule has 0 unspecified atom stereocenters. The molecule has 5 heteroatoms.